The summed E-state index contributed by atoms with van der Waals surface area (Å²) in [6.45, 7) is 4.72. The van der Waals surface area contributed by atoms with E-state index in [1.54, 1.807) is 24.4 Å². The molecule has 0 N–H and O–H groups in total. The maximum absolute atomic E-state index is 13.9. The highest BCUT2D eigenvalue weighted by Gasteiger charge is 2.14. The van der Waals surface area contributed by atoms with Crippen molar-refractivity contribution in [2.24, 2.45) is 0 Å². The van der Waals surface area contributed by atoms with E-state index in [1.165, 1.54) is 6.07 Å². The van der Waals surface area contributed by atoms with E-state index in [1.807, 2.05) is 35.5 Å². The minimum Gasteiger partial charge on any atom is -0.333 e. The fourth-order valence-electron chi connectivity index (χ4n) is 2.53. The molecule has 0 spiro atoms. The first-order valence-corrected chi connectivity index (χ1v) is 7.80. The SMILES string of the molecule is Cc1nccn1C[C@H](C)n1ccc(-c2cc(F)c(C#N)c(Cl)c2)n1. The Bertz CT molecular complexity index is 898. The van der Waals surface area contributed by atoms with Crippen LogP contribution in [-0.4, -0.2) is 19.3 Å². The molecule has 0 bridgehead atoms. The fourth-order valence-corrected chi connectivity index (χ4v) is 2.78. The molecule has 1 atom stereocenters. The van der Waals surface area contributed by atoms with Gasteiger partial charge in [0.15, 0.2) is 0 Å². The number of hydrogen-bond donors (Lipinski definition) is 0. The van der Waals surface area contributed by atoms with Gasteiger partial charge < -0.3 is 4.57 Å². The number of halogens is 2. The number of imidazole rings is 1. The summed E-state index contributed by atoms with van der Waals surface area (Å²) in [6, 6.07) is 6.49. The van der Waals surface area contributed by atoms with Crippen LogP contribution in [0.2, 0.25) is 5.02 Å². The molecule has 3 rings (SSSR count). The van der Waals surface area contributed by atoms with Crippen LogP contribution in [0.5, 0.6) is 0 Å². The molecule has 0 aliphatic rings. The van der Waals surface area contributed by atoms with Crippen LogP contribution in [-0.2, 0) is 6.54 Å². The third-order valence-electron chi connectivity index (χ3n) is 3.89. The van der Waals surface area contributed by atoms with Crippen molar-refractivity contribution in [2.75, 3.05) is 0 Å². The van der Waals surface area contributed by atoms with Crippen molar-refractivity contribution in [3.8, 4) is 17.3 Å². The van der Waals surface area contributed by atoms with Crippen molar-refractivity contribution in [1.82, 2.24) is 19.3 Å². The minimum atomic E-state index is -0.642. The maximum atomic E-state index is 13.9. The maximum Gasteiger partial charge on any atom is 0.143 e. The third kappa shape index (κ3) is 3.03. The molecule has 122 valence electrons. The van der Waals surface area contributed by atoms with Gasteiger partial charge in [0.25, 0.3) is 0 Å². The lowest BCUT2D eigenvalue weighted by Gasteiger charge is -2.14. The van der Waals surface area contributed by atoms with Crippen LogP contribution >= 0.6 is 11.6 Å². The molecule has 0 saturated carbocycles. The first-order chi connectivity index (χ1) is 11.5. The monoisotopic (exact) mass is 343 g/mol. The molecule has 0 fully saturated rings. The van der Waals surface area contributed by atoms with Crippen LogP contribution < -0.4 is 0 Å². The smallest absolute Gasteiger partial charge is 0.143 e. The highest BCUT2D eigenvalue weighted by molar-refractivity contribution is 6.32. The van der Waals surface area contributed by atoms with E-state index in [0.29, 0.717) is 11.3 Å². The summed E-state index contributed by atoms with van der Waals surface area (Å²) in [4.78, 5) is 4.20. The van der Waals surface area contributed by atoms with Crippen LogP contribution in [0.3, 0.4) is 0 Å². The zero-order chi connectivity index (χ0) is 17.3. The van der Waals surface area contributed by atoms with Crippen molar-refractivity contribution in [3.05, 3.63) is 59.0 Å². The molecule has 0 unspecified atom stereocenters. The third-order valence-corrected chi connectivity index (χ3v) is 4.19. The quantitative estimate of drug-likeness (QED) is 0.720. The Morgan fingerprint density at radius 3 is 2.79 bits per heavy atom. The molecule has 0 aliphatic carbocycles. The number of hydrogen-bond acceptors (Lipinski definition) is 3. The normalized spacial score (nSPS) is 12.1. The lowest BCUT2D eigenvalue weighted by Crippen LogP contribution is -2.14. The number of rotatable bonds is 4. The highest BCUT2D eigenvalue weighted by atomic mass is 35.5. The van der Waals surface area contributed by atoms with Crippen LogP contribution in [0, 0.1) is 24.1 Å². The first-order valence-electron chi connectivity index (χ1n) is 7.42. The second-order valence-corrected chi connectivity index (χ2v) is 5.99. The average Bonchev–Trinajstić information content (AvgIpc) is 3.17. The number of nitriles is 1. The largest absolute Gasteiger partial charge is 0.333 e. The predicted molar refractivity (Wildman–Crippen MR) is 89.0 cm³/mol. The average molecular weight is 344 g/mol. The summed E-state index contributed by atoms with van der Waals surface area (Å²) in [5.74, 6) is 0.298. The number of aryl methyl sites for hydroxylation is 1. The molecule has 7 heteroatoms. The Kier molecular flexibility index (Phi) is 4.36. The summed E-state index contributed by atoms with van der Waals surface area (Å²) in [5, 5.41) is 13.5. The van der Waals surface area contributed by atoms with Crippen LogP contribution in [0.15, 0.2) is 36.8 Å². The molecule has 1 aromatic carbocycles. The van der Waals surface area contributed by atoms with E-state index in [0.717, 1.165) is 12.4 Å². The van der Waals surface area contributed by atoms with E-state index in [4.69, 9.17) is 16.9 Å². The lowest BCUT2D eigenvalue weighted by molar-refractivity contribution is 0.422. The summed E-state index contributed by atoms with van der Waals surface area (Å²) < 4.78 is 17.8. The molecule has 0 radical (unpaired) electrons. The van der Waals surface area contributed by atoms with Crippen molar-refractivity contribution in [2.45, 2.75) is 26.4 Å². The van der Waals surface area contributed by atoms with Crippen LogP contribution in [0.1, 0.15) is 24.4 Å². The molecular weight excluding hydrogens is 329 g/mol. The zero-order valence-corrected chi connectivity index (χ0v) is 14.0. The topological polar surface area (TPSA) is 59.4 Å². The molecule has 0 saturated heterocycles. The second-order valence-electron chi connectivity index (χ2n) is 5.58. The van der Waals surface area contributed by atoms with Gasteiger partial charge in [0.1, 0.15) is 23.3 Å². The Hall–Kier alpha value is -2.65. The van der Waals surface area contributed by atoms with Gasteiger partial charge in [-0.15, -0.1) is 0 Å². The van der Waals surface area contributed by atoms with E-state index in [9.17, 15) is 4.39 Å². The van der Waals surface area contributed by atoms with Gasteiger partial charge in [-0.1, -0.05) is 11.6 Å². The molecule has 0 aliphatic heterocycles. The predicted octanol–water partition coefficient (Wildman–Crippen LogP) is 3.98. The molecule has 0 amide bonds. The van der Waals surface area contributed by atoms with Gasteiger partial charge in [-0.25, -0.2) is 9.37 Å². The summed E-state index contributed by atoms with van der Waals surface area (Å²) in [6.07, 6.45) is 5.53. The highest BCUT2D eigenvalue weighted by Crippen LogP contribution is 2.27. The lowest BCUT2D eigenvalue weighted by atomic mass is 10.1. The first kappa shape index (κ1) is 16.2. The molecular formula is C17H15ClFN5. The van der Waals surface area contributed by atoms with Crippen molar-refractivity contribution in [1.29, 1.82) is 5.26 Å². The van der Waals surface area contributed by atoms with Crippen LogP contribution in [0.4, 0.5) is 4.39 Å². The summed E-state index contributed by atoms with van der Waals surface area (Å²) >= 11 is 5.96. The van der Waals surface area contributed by atoms with Gasteiger partial charge in [0.2, 0.25) is 0 Å². The number of nitrogens with zero attached hydrogens (tertiary/aromatic N) is 5. The standard InChI is InChI=1S/C17H15ClFN5/c1-11(10-23-6-4-21-12(23)2)24-5-3-17(22-24)13-7-15(18)14(9-20)16(19)8-13/h3-8,11H,10H2,1-2H3/t11-/m0/s1. The Balaban J connectivity index is 1.86. The Labute approximate surface area is 143 Å². The van der Waals surface area contributed by atoms with E-state index in [2.05, 4.69) is 10.1 Å². The summed E-state index contributed by atoms with van der Waals surface area (Å²) in [7, 11) is 0. The molecule has 5 nitrogen and oxygen atoms in total. The van der Waals surface area contributed by atoms with Gasteiger partial charge in [-0.3, -0.25) is 4.68 Å². The Morgan fingerprint density at radius 1 is 1.38 bits per heavy atom. The van der Waals surface area contributed by atoms with E-state index < -0.39 is 5.82 Å². The van der Waals surface area contributed by atoms with Gasteiger partial charge in [-0.05, 0) is 32.0 Å². The van der Waals surface area contributed by atoms with Crippen molar-refractivity contribution in [3.63, 3.8) is 0 Å². The molecule has 3 aromatic rings. The zero-order valence-electron chi connectivity index (χ0n) is 13.2. The van der Waals surface area contributed by atoms with Gasteiger partial charge in [0, 0.05) is 30.7 Å². The second kappa shape index (κ2) is 6.46. The molecule has 2 heterocycles. The van der Waals surface area contributed by atoms with Crippen LogP contribution in [0.25, 0.3) is 11.3 Å². The van der Waals surface area contributed by atoms with E-state index in [-0.39, 0.29) is 16.6 Å². The van der Waals surface area contributed by atoms with Crippen molar-refractivity contribution < 1.29 is 4.39 Å². The van der Waals surface area contributed by atoms with Gasteiger partial charge >= 0.3 is 0 Å². The van der Waals surface area contributed by atoms with Gasteiger partial charge in [0.05, 0.1) is 16.8 Å². The minimum absolute atomic E-state index is 0.0872. The fraction of sp³-hybridized carbons (Fsp3) is 0.235. The Morgan fingerprint density at radius 2 is 2.17 bits per heavy atom. The molecule has 24 heavy (non-hydrogen) atoms. The van der Waals surface area contributed by atoms with Gasteiger partial charge in [-0.2, -0.15) is 10.4 Å². The summed E-state index contributed by atoms with van der Waals surface area (Å²) in [5.41, 5.74) is 1.000. The van der Waals surface area contributed by atoms with E-state index >= 15 is 0 Å². The number of benzene rings is 1. The molecule has 2 aromatic heterocycles. The number of aromatic nitrogens is 4. The van der Waals surface area contributed by atoms with Crippen molar-refractivity contribution >= 4 is 11.6 Å².